The van der Waals surface area contributed by atoms with Crippen molar-refractivity contribution in [3.63, 3.8) is 0 Å². The molecule has 0 aliphatic carbocycles. The standard InChI is InChI=1S/C9H14N2O/c1-2-3-4-5-8-9(12)11-7-6-10-8/h6-7H,2-5H2,1H3,(H,11,12). The molecule has 3 heteroatoms. The largest absolute Gasteiger partial charge is 0.492 e. The van der Waals surface area contributed by atoms with E-state index in [-0.39, 0.29) is 5.88 Å². The SMILES string of the molecule is CCCCCc1nccnc1O. The lowest BCUT2D eigenvalue weighted by Gasteiger charge is -2.00. The molecule has 0 aromatic carbocycles. The maximum Gasteiger partial charge on any atom is 0.233 e. The van der Waals surface area contributed by atoms with Crippen LogP contribution in [0.25, 0.3) is 0 Å². The van der Waals surface area contributed by atoms with Gasteiger partial charge in [0.15, 0.2) is 0 Å². The quantitative estimate of drug-likeness (QED) is 0.695. The van der Waals surface area contributed by atoms with Gasteiger partial charge in [0, 0.05) is 12.4 Å². The monoisotopic (exact) mass is 166 g/mol. The lowest BCUT2D eigenvalue weighted by Crippen LogP contribution is -1.92. The molecule has 66 valence electrons. The van der Waals surface area contributed by atoms with Gasteiger partial charge in [0.2, 0.25) is 5.88 Å². The molecular weight excluding hydrogens is 152 g/mol. The molecule has 3 nitrogen and oxygen atoms in total. The van der Waals surface area contributed by atoms with Gasteiger partial charge >= 0.3 is 0 Å². The molecule has 0 fully saturated rings. The van der Waals surface area contributed by atoms with Gasteiger partial charge < -0.3 is 5.11 Å². The molecule has 0 saturated carbocycles. The number of hydrogen-bond donors (Lipinski definition) is 1. The highest BCUT2D eigenvalue weighted by molar-refractivity contribution is 5.14. The average molecular weight is 166 g/mol. The van der Waals surface area contributed by atoms with Crippen molar-refractivity contribution in [1.29, 1.82) is 0 Å². The molecular formula is C9H14N2O. The summed E-state index contributed by atoms with van der Waals surface area (Å²) in [6.45, 7) is 2.15. The van der Waals surface area contributed by atoms with E-state index in [0.717, 1.165) is 12.8 Å². The van der Waals surface area contributed by atoms with E-state index in [2.05, 4.69) is 16.9 Å². The number of aromatic hydroxyl groups is 1. The van der Waals surface area contributed by atoms with Crippen molar-refractivity contribution < 1.29 is 5.11 Å². The first-order valence-corrected chi connectivity index (χ1v) is 4.33. The topological polar surface area (TPSA) is 46.0 Å². The first-order chi connectivity index (χ1) is 5.84. The molecule has 1 aromatic rings. The smallest absolute Gasteiger partial charge is 0.233 e. The summed E-state index contributed by atoms with van der Waals surface area (Å²) >= 11 is 0. The van der Waals surface area contributed by atoms with Gasteiger partial charge in [-0.2, -0.15) is 0 Å². The summed E-state index contributed by atoms with van der Waals surface area (Å²) in [5.41, 5.74) is 0.714. The zero-order valence-corrected chi connectivity index (χ0v) is 7.32. The minimum atomic E-state index is 0.0774. The second-order valence-corrected chi connectivity index (χ2v) is 2.78. The van der Waals surface area contributed by atoms with E-state index >= 15 is 0 Å². The predicted molar refractivity (Wildman–Crippen MR) is 46.9 cm³/mol. The number of hydrogen-bond acceptors (Lipinski definition) is 3. The molecule has 0 radical (unpaired) electrons. The third kappa shape index (κ3) is 2.49. The van der Waals surface area contributed by atoms with Crippen molar-refractivity contribution in [3.05, 3.63) is 18.1 Å². The predicted octanol–water partition coefficient (Wildman–Crippen LogP) is 1.91. The third-order valence-corrected chi connectivity index (χ3v) is 1.77. The molecule has 0 amide bonds. The molecule has 0 aliphatic rings. The second kappa shape index (κ2) is 4.70. The van der Waals surface area contributed by atoms with E-state index in [1.54, 1.807) is 6.20 Å². The Morgan fingerprint density at radius 3 is 2.67 bits per heavy atom. The summed E-state index contributed by atoms with van der Waals surface area (Å²) in [4.78, 5) is 7.79. The fourth-order valence-electron chi connectivity index (χ4n) is 1.08. The Morgan fingerprint density at radius 2 is 2.00 bits per heavy atom. The van der Waals surface area contributed by atoms with Crippen molar-refractivity contribution in [3.8, 4) is 5.88 Å². The molecule has 0 atom stereocenters. The van der Waals surface area contributed by atoms with Gasteiger partial charge in [-0.1, -0.05) is 19.8 Å². The van der Waals surface area contributed by atoms with Crippen LogP contribution >= 0.6 is 0 Å². The van der Waals surface area contributed by atoms with Gasteiger partial charge in [0.25, 0.3) is 0 Å². The van der Waals surface area contributed by atoms with Crippen LogP contribution in [-0.2, 0) is 6.42 Å². The molecule has 0 bridgehead atoms. The molecule has 0 saturated heterocycles. The Bertz CT molecular complexity index is 238. The summed E-state index contributed by atoms with van der Waals surface area (Å²) in [5, 5.41) is 9.24. The molecule has 1 aromatic heterocycles. The molecule has 1 N–H and O–H groups in total. The highest BCUT2D eigenvalue weighted by Gasteiger charge is 2.00. The molecule has 0 unspecified atom stereocenters. The number of rotatable bonds is 4. The first kappa shape index (κ1) is 8.97. The lowest BCUT2D eigenvalue weighted by atomic mass is 10.1. The number of nitrogens with zero attached hydrogens (tertiary/aromatic N) is 2. The normalized spacial score (nSPS) is 10.1. The van der Waals surface area contributed by atoms with Crippen LogP contribution in [0.1, 0.15) is 31.9 Å². The van der Waals surface area contributed by atoms with Crippen molar-refractivity contribution in [2.45, 2.75) is 32.6 Å². The summed E-state index contributed by atoms with van der Waals surface area (Å²) in [7, 11) is 0. The Kier molecular flexibility index (Phi) is 3.51. The van der Waals surface area contributed by atoms with Crippen LogP contribution in [0.3, 0.4) is 0 Å². The van der Waals surface area contributed by atoms with Crippen LogP contribution in [0, 0.1) is 0 Å². The van der Waals surface area contributed by atoms with Crippen LogP contribution in [0.5, 0.6) is 5.88 Å². The highest BCUT2D eigenvalue weighted by Crippen LogP contribution is 2.11. The third-order valence-electron chi connectivity index (χ3n) is 1.77. The van der Waals surface area contributed by atoms with Crippen LogP contribution < -0.4 is 0 Å². The van der Waals surface area contributed by atoms with Crippen molar-refractivity contribution in [2.24, 2.45) is 0 Å². The van der Waals surface area contributed by atoms with Crippen molar-refractivity contribution in [1.82, 2.24) is 9.97 Å². The van der Waals surface area contributed by atoms with Gasteiger partial charge in [-0.3, -0.25) is 4.98 Å². The van der Waals surface area contributed by atoms with E-state index in [1.165, 1.54) is 19.0 Å². The maximum absolute atomic E-state index is 9.24. The first-order valence-electron chi connectivity index (χ1n) is 4.33. The van der Waals surface area contributed by atoms with Crippen molar-refractivity contribution >= 4 is 0 Å². The Labute approximate surface area is 72.5 Å². The zero-order valence-electron chi connectivity index (χ0n) is 7.32. The van der Waals surface area contributed by atoms with Crippen molar-refractivity contribution in [2.75, 3.05) is 0 Å². The number of aryl methyl sites for hydroxylation is 1. The summed E-state index contributed by atoms with van der Waals surface area (Å²) in [5.74, 6) is 0.0774. The van der Waals surface area contributed by atoms with E-state index in [9.17, 15) is 5.11 Å². The molecule has 12 heavy (non-hydrogen) atoms. The van der Waals surface area contributed by atoms with E-state index in [4.69, 9.17) is 0 Å². The molecule has 0 aliphatic heterocycles. The number of aromatic nitrogens is 2. The lowest BCUT2D eigenvalue weighted by molar-refractivity contribution is 0.439. The molecule has 0 spiro atoms. The summed E-state index contributed by atoms with van der Waals surface area (Å²) < 4.78 is 0. The number of unbranched alkanes of at least 4 members (excludes halogenated alkanes) is 2. The maximum atomic E-state index is 9.24. The average Bonchev–Trinajstić information content (AvgIpc) is 2.09. The molecule has 1 heterocycles. The van der Waals surface area contributed by atoms with E-state index < -0.39 is 0 Å². The summed E-state index contributed by atoms with van der Waals surface area (Å²) in [6, 6.07) is 0. The van der Waals surface area contributed by atoms with Gasteiger partial charge in [0.05, 0.1) is 0 Å². The Balaban J connectivity index is 2.46. The Hall–Kier alpha value is -1.12. The van der Waals surface area contributed by atoms with E-state index in [1.807, 2.05) is 0 Å². The van der Waals surface area contributed by atoms with Gasteiger partial charge in [-0.15, -0.1) is 0 Å². The van der Waals surface area contributed by atoms with Gasteiger partial charge in [-0.25, -0.2) is 4.98 Å². The minimum absolute atomic E-state index is 0.0774. The van der Waals surface area contributed by atoms with Gasteiger partial charge in [0.1, 0.15) is 5.69 Å². The second-order valence-electron chi connectivity index (χ2n) is 2.78. The minimum Gasteiger partial charge on any atom is -0.492 e. The summed E-state index contributed by atoms with van der Waals surface area (Å²) in [6.07, 6.45) is 7.37. The van der Waals surface area contributed by atoms with Crippen LogP contribution in [-0.4, -0.2) is 15.1 Å². The van der Waals surface area contributed by atoms with Crippen LogP contribution in [0.4, 0.5) is 0 Å². The van der Waals surface area contributed by atoms with Crippen LogP contribution in [0.15, 0.2) is 12.4 Å². The Morgan fingerprint density at radius 1 is 1.25 bits per heavy atom. The van der Waals surface area contributed by atoms with Gasteiger partial charge in [-0.05, 0) is 12.8 Å². The fraction of sp³-hybridized carbons (Fsp3) is 0.556. The fourth-order valence-corrected chi connectivity index (χ4v) is 1.08. The molecule has 1 rings (SSSR count). The van der Waals surface area contributed by atoms with E-state index in [0.29, 0.717) is 5.69 Å². The zero-order chi connectivity index (χ0) is 8.81. The van der Waals surface area contributed by atoms with Crippen LogP contribution in [0.2, 0.25) is 0 Å². The highest BCUT2D eigenvalue weighted by atomic mass is 16.3.